The summed E-state index contributed by atoms with van der Waals surface area (Å²) in [5, 5.41) is 7.92. The number of halogens is 1. The van der Waals surface area contributed by atoms with Crippen LogP contribution < -0.4 is 4.90 Å². The van der Waals surface area contributed by atoms with Crippen molar-refractivity contribution in [1.82, 2.24) is 10.2 Å². The standard InChI is InChI=1S/C12H14ClN3O/c1-16(2)10-5-3-9(4-6-10)12-15-14-11(17-12)7-8-13/h3-6H,7-8H2,1-2H3. The molecule has 0 N–H and O–H groups in total. The summed E-state index contributed by atoms with van der Waals surface area (Å²) in [4.78, 5) is 2.04. The molecule has 2 aromatic rings. The summed E-state index contributed by atoms with van der Waals surface area (Å²) >= 11 is 5.61. The molecule has 0 saturated carbocycles. The second kappa shape index (κ2) is 5.19. The first kappa shape index (κ1) is 11.9. The molecule has 17 heavy (non-hydrogen) atoms. The van der Waals surface area contributed by atoms with E-state index in [1.54, 1.807) is 0 Å². The first-order valence-corrected chi connectivity index (χ1v) is 5.90. The van der Waals surface area contributed by atoms with Gasteiger partial charge in [0, 0.05) is 37.6 Å². The number of rotatable bonds is 4. The number of benzene rings is 1. The molecule has 4 nitrogen and oxygen atoms in total. The lowest BCUT2D eigenvalue weighted by molar-refractivity contribution is 0.513. The van der Waals surface area contributed by atoms with E-state index in [1.807, 2.05) is 43.3 Å². The SMILES string of the molecule is CN(C)c1ccc(-c2nnc(CCCl)o2)cc1. The van der Waals surface area contributed by atoms with Crippen molar-refractivity contribution in [2.24, 2.45) is 0 Å². The fourth-order valence-corrected chi connectivity index (χ4v) is 1.62. The van der Waals surface area contributed by atoms with E-state index in [0.717, 1.165) is 11.3 Å². The van der Waals surface area contributed by atoms with Gasteiger partial charge in [-0.2, -0.15) is 0 Å². The van der Waals surface area contributed by atoms with Crippen LogP contribution in [0.2, 0.25) is 0 Å². The quantitative estimate of drug-likeness (QED) is 0.784. The highest BCUT2D eigenvalue weighted by Crippen LogP contribution is 2.21. The first-order chi connectivity index (χ1) is 8.20. The largest absolute Gasteiger partial charge is 0.421 e. The van der Waals surface area contributed by atoms with Crippen LogP contribution in [0.4, 0.5) is 5.69 Å². The van der Waals surface area contributed by atoms with Crippen LogP contribution in [0.5, 0.6) is 0 Å². The molecule has 0 amide bonds. The van der Waals surface area contributed by atoms with Crippen molar-refractivity contribution in [3.63, 3.8) is 0 Å². The molecule has 0 aliphatic heterocycles. The van der Waals surface area contributed by atoms with Crippen LogP contribution in [0.3, 0.4) is 0 Å². The molecule has 1 aromatic heterocycles. The van der Waals surface area contributed by atoms with Crippen molar-refractivity contribution in [1.29, 1.82) is 0 Å². The van der Waals surface area contributed by atoms with Gasteiger partial charge in [0.1, 0.15) is 0 Å². The van der Waals surface area contributed by atoms with Gasteiger partial charge in [-0.1, -0.05) is 0 Å². The zero-order chi connectivity index (χ0) is 12.3. The minimum Gasteiger partial charge on any atom is -0.421 e. The lowest BCUT2D eigenvalue weighted by Gasteiger charge is -2.11. The lowest BCUT2D eigenvalue weighted by atomic mass is 10.2. The molecule has 0 bridgehead atoms. The Morgan fingerprint density at radius 3 is 2.47 bits per heavy atom. The molecule has 0 spiro atoms. The normalized spacial score (nSPS) is 10.5. The zero-order valence-electron chi connectivity index (χ0n) is 9.85. The third kappa shape index (κ3) is 2.77. The van der Waals surface area contributed by atoms with Crippen LogP contribution in [0.15, 0.2) is 28.7 Å². The second-order valence-electron chi connectivity index (χ2n) is 3.88. The number of aryl methyl sites for hydroxylation is 1. The first-order valence-electron chi connectivity index (χ1n) is 5.37. The molecule has 0 fully saturated rings. The number of hydrogen-bond acceptors (Lipinski definition) is 4. The van der Waals surface area contributed by atoms with Crippen LogP contribution in [0.1, 0.15) is 5.89 Å². The van der Waals surface area contributed by atoms with Gasteiger partial charge < -0.3 is 9.32 Å². The van der Waals surface area contributed by atoms with Crippen LogP contribution in [0, 0.1) is 0 Å². The second-order valence-corrected chi connectivity index (χ2v) is 4.26. The Labute approximate surface area is 105 Å². The number of hydrogen-bond donors (Lipinski definition) is 0. The van der Waals surface area contributed by atoms with Gasteiger partial charge in [0.05, 0.1) is 0 Å². The van der Waals surface area contributed by atoms with Crippen molar-refractivity contribution >= 4 is 17.3 Å². The summed E-state index contributed by atoms with van der Waals surface area (Å²) in [5.41, 5.74) is 2.05. The monoisotopic (exact) mass is 251 g/mol. The van der Waals surface area contributed by atoms with E-state index in [4.69, 9.17) is 16.0 Å². The van der Waals surface area contributed by atoms with Gasteiger partial charge in [-0.15, -0.1) is 21.8 Å². The molecular weight excluding hydrogens is 238 g/mol. The highest BCUT2D eigenvalue weighted by molar-refractivity contribution is 6.17. The van der Waals surface area contributed by atoms with Crippen molar-refractivity contribution in [2.75, 3.05) is 24.9 Å². The smallest absolute Gasteiger partial charge is 0.247 e. The Kier molecular flexibility index (Phi) is 3.64. The van der Waals surface area contributed by atoms with Crippen LogP contribution in [0.25, 0.3) is 11.5 Å². The van der Waals surface area contributed by atoms with Gasteiger partial charge in [0.15, 0.2) is 0 Å². The van der Waals surface area contributed by atoms with Crippen LogP contribution in [-0.4, -0.2) is 30.2 Å². The average Bonchev–Trinajstić information content (AvgIpc) is 2.78. The Hall–Kier alpha value is -1.55. The number of alkyl halides is 1. The topological polar surface area (TPSA) is 42.2 Å². The van der Waals surface area contributed by atoms with Gasteiger partial charge in [0.25, 0.3) is 0 Å². The Morgan fingerprint density at radius 2 is 1.88 bits per heavy atom. The number of aromatic nitrogens is 2. The van der Waals surface area contributed by atoms with E-state index >= 15 is 0 Å². The summed E-state index contributed by atoms with van der Waals surface area (Å²) in [6.45, 7) is 0. The van der Waals surface area contributed by atoms with E-state index in [9.17, 15) is 0 Å². The predicted octanol–water partition coefficient (Wildman–Crippen LogP) is 2.58. The molecule has 90 valence electrons. The maximum atomic E-state index is 5.61. The number of anilines is 1. The molecule has 0 aliphatic rings. The Morgan fingerprint density at radius 1 is 1.18 bits per heavy atom. The van der Waals surface area contributed by atoms with Gasteiger partial charge in [-0.3, -0.25) is 0 Å². The Balaban J connectivity index is 2.21. The summed E-state index contributed by atoms with van der Waals surface area (Å²) in [6.07, 6.45) is 0.602. The zero-order valence-corrected chi connectivity index (χ0v) is 10.6. The van der Waals surface area contributed by atoms with E-state index in [2.05, 4.69) is 10.2 Å². The maximum absolute atomic E-state index is 5.61. The van der Waals surface area contributed by atoms with E-state index in [1.165, 1.54) is 0 Å². The lowest BCUT2D eigenvalue weighted by Crippen LogP contribution is -2.07. The molecule has 1 aromatic carbocycles. The average molecular weight is 252 g/mol. The molecule has 1 heterocycles. The number of nitrogens with zero attached hydrogens (tertiary/aromatic N) is 3. The molecule has 0 unspecified atom stereocenters. The highest BCUT2D eigenvalue weighted by Gasteiger charge is 2.08. The molecule has 0 saturated heterocycles. The summed E-state index contributed by atoms with van der Waals surface area (Å²) in [5.74, 6) is 1.60. The van der Waals surface area contributed by atoms with Crippen molar-refractivity contribution in [3.8, 4) is 11.5 Å². The molecule has 0 radical (unpaired) electrons. The van der Waals surface area contributed by atoms with Crippen LogP contribution >= 0.6 is 11.6 Å². The maximum Gasteiger partial charge on any atom is 0.247 e. The fraction of sp³-hybridized carbons (Fsp3) is 0.333. The highest BCUT2D eigenvalue weighted by atomic mass is 35.5. The molecule has 5 heteroatoms. The fourth-order valence-electron chi connectivity index (χ4n) is 1.45. The predicted molar refractivity (Wildman–Crippen MR) is 68.5 cm³/mol. The van der Waals surface area contributed by atoms with Crippen molar-refractivity contribution in [2.45, 2.75) is 6.42 Å². The van der Waals surface area contributed by atoms with E-state index < -0.39 is 0 Å². The molecular formula is C12H14ClN3O. The molecule has 0 aliphatic carbocycles. The summed E-state index contributed by atoms with van der Waals surface area (Å²) in [6, 6.07) is 7.96. The van der Waals surface area contributed by atoms with Gasteiger partial charge in [-0.05, 0) is 24.3 Å². The Bertz CT molecular complexity index is 479. The van der Waals surface area contributed by atoms with Crippen molar-refractivity contribution < 1.29 is 4.42 Å². The van der Waals surface area contributed by atoms with Gasteiger partial charge in [-0.25, -0.2) is 0 Å². The third-order valence-electron chi connectivity index (χ3n) is 2.41. The van der Waals surface area contributed by atoms with Gasteiger partial charge in [0.2, 0.25) is 11.8 Å². The summed E-state index contributed by atoms with van der Waals surface area (Å²) < 4.78 is 5.49. The minimum atomic E-state index is 0.487. The molecule has 0 atom stereocenters. The third-order valence-corrected chi connectivity index (χ3v) is 2.59. The van der Waals surface area contributed by atoms with Crippen LogP contribution in [-0.2, 0) is 6.42 Å². The summed E-state index contributed by atoms with van der Waals surface area (Å²) in [7, 11) is 4.00. The van der Waals surface area contributed by atoms with Gasteiger partial charge >= 0.3 is 0 Å². The van der Waals surface area contributed by atoms with E-state index in [0.29, 0.717) is 24.1 Å². The minimum absolute atomic E-state index is 0.487. The van der Waals surface area contributed by atoms with E-state index in [-0.39, 0.29) is 0 Å². The van der Waals surface area contributed by atoms with Crippen molar-refractivity contribution in [3.05, 3.63) is 30.2 Å². The molecule has 2 rings (SSSR count).